The molecule has 0 aliphatic heterocycles. The summed E-state index contributed by atoms with van der Waals surface area (Å²) >= 11 is 1.93. The summed E-state index contributed by atoms with van der Waals surface area (Å²) < 4.78 is 0.591. The minimum atomic E-state index is -0.556. The second-order valence-electron chi connectivity index (χ2n) is 4.54. The van der Waals surface area contributed by atoms with Gasteiger partial charge in [-0.1, -0.05) is 6.07 Å². The summed E-state index contributed by atoms with van der Waals surface area (Å²) in [5, 5.41) is 16.0. The average Bonchev–Trinajstić information content (AvgIpc) is 2.54. The molecule has 0 bridgehead atoms. The lowest BCUT2D eigenvalue weighted by Crippen LogP contribution is -2.18. The number of hydrogen-bond acceptors (Lipinski definition) is 4. The van der Waals surface area contributed by atoms with Crippen molar-refractivity contribution < 1.29 is 14.5 Å². The van der Waals surface area contributed by atoms with E-state index in [4.69, 9.17) is 0 Å². The molecule has 0 aliphatic carbocycles. The Balaban J connectivity index is 2.27. The van der Waals surface area contributed by atoms with Crippen LogP contribution in [0.3, 0.4) is 0 Å². The van der Waals surface area contributed by atoms with Gasteiger partial charge in [-0.15, -0.1) is 0 Å². The van der Waals surface area contributed by atoms with Crippen molar-refractivity contribution >= 4 is 45.8 Å². The van der Waals surface area contributed by atoms with E-state index in [0.29, 0.717) is 14.8 Å². The number of rotatable bonds is 4. The third kappa shape index (κ3) is 4.03. The normalized spacial score (nSPS) is 10.0. The highest BCUT2D eigenvalue weighted by Gasteiger charge is 2.16. The summed E-state index contributed by atoms with van der Waals surface area (Å²) in [6, 6.07) is 10.5. The first kappa shape index (κ1) is 16.9. The standard InChI is InChI=1S/C15H12IN3O4/c1-17-14(20)9-3-2-4-10(7-9)18-15(21)12-8-11(19(22)23)5-6-13(12)16/h2-8H,1H3,(H,17,20)(H,18,21). The van der Waals surface area contributed by atoms with Crippen LogP contribution >= 0.6 is 22.6 Å². The number of halogens is 1. The number of nitrogens with zero attached hydrogens (tertiary/aromatic N) is 1. The molecular formula is C15H12IN3O4. The summed E-state index contributed by atoms with van der Waals surface area (Å²) in [6.07, 6.45) is 0. The molecule has 2 aromatic carbocycles. The molecule has 0 atom stereocenters. The van der Waals surface area contributed by atoms with Crippen molar-refractivity contribution in [1.29, 1.82) is 0 Å². The summed E-state index contributed by atoms with van der Waals surface area (Å²) in [7, 11) is 1.51. The summed E-state index contributed by atoms with van der Waals surface area (Å²) in [5.41, 5.74) is 0.872. The molecule has 0 saturated carbocycles. The van der Waals surface area contributed by atoms with Crippen molar-refractivity contribution in [1.82, 2.24) is 5.32 Å². The second-order valence-corrected chi connectivity index (χ2v) is 5.70. The number of anilines is 1. The first-order chi connectivity index (χ1) is 10.9. The molecule has 0 radical (unpaired) electrons. The quantitative estimate of drug-likeness (QED) is 0.447. The van der Waals surface area contributed by atoms with Gasteiger partial charge in [-0.2, -0.15) is 0 Å². The van der Waals surface area contributed by atoms with Gasteiger partial charge in [-0.25, -0.2) is 0 Å². The molecule has 8 heteroatoms. The molecule has 2 amide bonds. The van der Waals surface area contributed by atoms with Crippen LogP contribution in [-0.4, -0.2) is 23.8 Å². The molecule has 0 aromatic heterocycles. The SMILES string of the molecule is CNC(=O)c1cccc(NC(=O)c2cc([N+](=O)[O-])ccc2I)c1. The number of nitro benzene ring substituents is 1. The van der Waals surface area contributed by atoms with Crippen LogP contribution in [0.2, 0.25) is 0 Å². The minimum Gasteiger partial charge on any atom is -0.355 e. The number of carbonyl (C=O) groups excluding carboxylic acids is 2. The van der Waals surface area contributed by atoms with Crippen LogP contribution in [-0.2, 0) is 0 Å². The van der Waals surface area contributed by atoms with E-state index >= 15 is 0 Å². The summed E-state index contributed by atoms with van der Waals surface area (Å²) in [4.78, 5) is 34.2. The topological polar surface area (TPSA) is 101 Å². The fourth-order valence-electron chi connectivity index (χ4n) is 1.88. The molecule has 2 rings (SSSR count). The van der Waals surface area contributed by atoms with E-state index in [2.05, 4.69) is 10.6 Å². The van der Waals surface area contributed by atoms with Gasteiger partial charge in [0.1, 0.15) is 0 Å². The molecule has 2 aromatic rings. The van der Waals surface area contributed by atoms with Gasteiger partial charge in [0.2, 0.25) is 0 Å². The first-order valence-electron chi connectivity index (χ1n) is 6.50. The Labute approximate surface area is 145 Å². The number of amides is 2. The molecule has 0 aliphatic rings. The number of nitro groups is 1. The molecule has 0 fully saturated rings. The predicted molar refractivity (Wildman–Crippen MR) is 93.6 cm³/mol. The van der Waals surface area contributed by atoms with Crippen LogP contribution < -0.4 is 10.6 Å². The predicted octanol–water partition coefficient (Wildman–Crippen LogP) is 2.81. The number of benzene rings is 2. The average molecular weight is 425 g/mol. The molecule has 118 valence electrons. The fourth-order valence-corrected chi connectivity index (χ4v) is 2.46. The molecule has 0 saturated heterocycles. The van der Waals surface area contributed by atoms with Crippen molar-refractivity contribution in [2.45, 2.75) is 0 Å². The molecule has 0 heterocycles. The number of hydrogen-bond donors (Lipinski definition) is 2. The lowest BCUT2D eigenvalue weighted by atomic mass is 10.1. The Morgan fingerprint density at radius 3 is 2.52 bits per heavy atom. The molecule has 2 N–H and O–H groups in total. The Hall–Kier alpha value is -2.49. The van der Waals surface area contributed by atoms with Gasteiger partial charge < -0.3 is 10.6 Å². The van der Waals surface area contributed by atoms with Crippen molar-refractivity contribution in [2.75, 3.05) is 12.4 Å². The van der Waals surface area contributed by atoms with Gasteiger partial charge >= 0.3 is 0 Å². The molecule has 0 unspecified atom stereocenters. The van der Waals surface area contributed by atoms with Crippen molar-refractivity contribution in [2.24, 2.45) is 0 Å². The Kier molecular flexibility index (Phi) is 5.27. The maximum absolute atomic E-state index is 12.3. The lowest BCUT2D eigenvalue weighted by molar-refractivity contribution is -0.384. The maximum Gasteiger partial charge on any atom is 0.270 e. The molecule has 0 spiro atoms. The van der Waals surface area contributed by atoms with Crippen LogP contribution in [0.4, 0.5) is 11.4 Å². The Morgan fingerprint density at radius 1 is 1.13 bits per heavy atom. The highest BCUT2D eigenvalue weighted by molar-refractivity contribution is 14.1. The van der Waals surface area contributed by atoms with Gasteiger partial charge in [-0.05, 0) is 46.9 Å². The van der Waals surface area contributed by atoms with Crippen LogP contribution in [0.15, 0.2) is 42.5 Å². The van der Waals surface area contributed by atoms with Gasteiger partial charge in [0.05, 0.1) is 10.5 Å². The third-order valence-electron chi connectivity index (χ3n) is 3.02. The highest BCUT2D eigenvalue weighted by atomic mass is 127. The number of non-ortho nitro benzene ring substituents is 1. The highest BCUT2D eigenvalue weighted by Crippen LogP contribution is 2.21. The van der Waals surface area contributed by atoms with E-state index in [0.717, 1.165) is 0 Å². The van der Waals surface area contributed by atoms with Gasteiger partial charge in [-0.3, -0.25) is 19.7 Å². The summed E-state index contributed by atoms with van der Waals surface area (Å²) in [5.74, 6) is -0.752. The molecule has 23 heavy (non-hydrogen) atoms. The van der Waals surface area contributed by atoms with Crippen LogP contribution in [0.25, 0.3) is 0 Å². The first-order valence-corrected chi connectivity index (χ1v) is 7.57. The van der Waals surface area contributed by atoms with Gasteiger partial charge in [0.15, 0.2) is 0 Å². The third-order valence-corrected chi connectivity index (χ3v) is 3.96. The van der Waals surface area contributed by atoms with Crippen LogP contribution in [0.1, 0.15) is 20.7 Å². The Bertz CT molecular complexity index is 792. The van der Waals surface area contributed by atoms with Gasteiger partial charge in [0, 0.05) is 34.0 Å². The zero-order valence-electron chi connectivity index (χ0n) is 12.0. The summed E-state index contributed by atoms with van der Waals surface area (Å²) in [6.45, 7) is 0. The van der Waals surface area contributed by atoms with E-state index in [1.165, 1.54) is 31.3 Å². The maximum atomic E-state index is 12.3. The fraction of sp³-hybridized carbons (Fsp3) is 0.0667. The van der Waals surface area contributed by atoms with Crippen LogP contribution in [0.5, 0.6) is 0 Å². The monoisotopic (exact) mass is 425 g/mol. The lowest BCUT2D eigenvalue weighted by Gasteiger charge is -2.08. The Morgan fingerprint density at radius 2 is 1.87 bits per heavy atom. The van der Waals surface area contributed by atoms with E-state index in [9.17, 15) is 19.7 Å². The number of carbonyl (C=O) groups is 2. The van der Waals surface area contributed by atoms with Crippen LogP contribution in [0, 0.1) is 13.7 Å². The van der Waals surface area contributed by atoms with E-state index in [1.54, 1.807) is 18.2 Å². The van der Waals surface area contributed by atoms with E-state index in [1.807, 2.05) is 22.6 Å². The second kappa shape index (κ2) is 7.18. The van der Waals surface area contributed by atoms with E-state index < -0.39 is 10.8 Å². The zero-order valence-corrected chi connectivity index (χ0v) is 14.2. The largest absolute Gasteiger partial charge is 0.355 e. The smallest absolute Gasteiger partial charge is 0.270 e. The van der Waals surface area contributed by atoms with Crippen molar-refractivity contribution in [3.05, 3.63) is 67.3 Å². The molecular weight excluding hydrogens is 413 g/mol. The van der Waals surface area contributed by atoms with Gasteiger partial charge in [0.25, 0.3) is 17.5 Å². The van der Waals surface area contributed by atoms with Crippen molar-refractivity contribution in [3.8, 4) is 0 Å². The molecule has 7 nitrogen and oxygen atoms in total. The van der Waals surface area contributed by atoms with E-state index in [-0.39, 0.29) is 17.2 Å². The van der Waals surface area contributed by atoms with Crippen molar-refractivity contribution in [3.63, 3.8) is 0 Å². The minimum absolute atomic E-state index is 0.158. The zero-order chi connectivity index (χ0) is 17.0. The number of nitrogens with one attached hydrogen (secondary N) is 2.